The number of hydrogen-bond acceptors (Lipinski definition) is 3. The molecule has 1 fully saturated rings. The number of rotatable bonds is 4. The lowest BCUT2D eigenvalue weighted by atomic mass is 10.2. The van der Waals surface area contributed by atoms with E-state index in [0.717, 1.165) is 32.7 Å². The van der Waals surface area contributed by atoms with Crippen LogP contribution >= 0.6 is 0 Å². The highest BCUT2D eigenvalue weighted by Crippen LogP contribution is 2.06. The predicted octanol–water partition coefficient (Wildman–Crippen LogP) is 0.350. The van der Waals surface area contributed by atoms with E-state index in [1.54, 1.807) is 0 Å². The molecule has 1 aliphatic heterocycles. The molecular formula is C12H22N4. The summed E-state index contributed by atoms with van der Waals surface area (Å²) in [5, 5.41) is 3.45. The van der Waals surface area contributed by atoms with Crippen LogP contribution in [0.5, 0.6) is 0 Å². The Morgan fingerprint density at radius 2 is 2.44 bits per heavy atom. The Balaban J connectivity index is 1.79. The molecule has 1 aliphatic rings. The van der Waals surface area contributed by atoms with Crippen LogP contribution in [0.15, 0.2) is 18.5 Å². The minimum atomic E-state index is 0.637. The standard InChI is InChI=1S/C12H22N4/c1-15(9-11-3-4-13-7-11)10-12-8-14-5-6-16(12)2/h3-4,7,12-14H,5-6,8-10H2,1-2H3. The van der Waals surface area contributed by atoms with Gasteiger partial charge < -0.3 is 15.2 Å². The molecule has 1 aromatic rings. The van der Waals surface area contributed by atoms with Crippen LogP contribution in [0.4, 0.5) is 0 Å². The van der Waals surface area contributed by atoms with Crippen molar-refractivity contribution in [2.45, 2.75) is 12.6 Å². The summed E-state index contributed by atoms with van der Waals surface area (Å²) in [6.07, 6.45) is 4.05. The SMILES string of the molecule is CN(Cc1cc[nH]c1)CC1CNCCN1C. The van der Waals surface area contributed by atoms with Gasteiger partial charge in [0, 0.05) is 51.2 Å². The van der Waals surface area contributed by atoms with Crippen molar-refractivity contribution in [2.24, 2.45) is 0 Å². The second-order valence-electron chi connectivity index (χ2n) is 4.75. The molecule has 0 spiro atoms. The molecule has 1 atom stereocenters. The quantitative estimate of drug-likeness (QED) is 0.771. The lowest BCUT2D eigenvalue weighted by molar-refractivity contribution is 0.150. The Hall–Kier alpha value is -0.840. The number of aromatic nitrogens is 1. The van der Waals surface area contributed by atoms with E-state index < -0.39 is 0 Å². The van der Waals surface area contributed by atoms with E-state index in [1.807, 2.05) is 6.20 Å². The number of hydrogen-bond donors (Lipinski definition) is 2. The Labute approximate surface area is 97.6 Å². The molecule has 0 radical (unpaired) electrons. The van der Waals surface area contributed by atoms with Crippen LogP contribution in [0.2, 0.25) is 0 Å². The van der Waals surface area contributed by atoms with Gasteiger partial charge in [0.05, 0.1) is 0 Å². The van der Waals surface area contributed by atoms with Gasteiger partial charge in [0.15, 0.2) is 0 Å². The predicted molar refractivity (Wildman–Crippen MR) is 66.4 cm³/mol. The fourth-order valence-electron chi connectivity index (χ4n) is 2.26. The molecule has 4 heteroatoms. The third-order valence-electron chi connectivity index (χ3n) is 3.28. The monoisotopic (exact) mass is 222 g/mol. The maximum Gasteiger partial charge on any atom is 0.0345 e. The lowest BCUT2D eigenvalue weighted by Crippen LogP contribution is -2.53. The summed E-state index contributed by atoms with van der Waals surface area (Å²) in [6, 6.07) is 2.77. The normalized spacial score (nSPS) is 22.8. The van der Waals surface area contributed by atoms with Crippen LogP contribution < -0.4 is 5.32 Å². The number of nitrogens with zero attached hydrogens (tertiary/aromatic N) is 2. The molecule has 16 heavy (non-hydrogen) atoms. The van der Waals surface area contributed by atoms with Crippen molar-refractivity contribution in [3.05, 3.63) is 24.0 Å². The molecule has 0 aromatic carbocycles. The van der Waals surface area contributed by atoms with Gasteiger partial charge in [0.25, 0.3) is 0 Å². The number of H-pyrrole nitrogens is 1. The molecular weight excluding hydrogens is 200 g/mol. The van der Waals surface area contributed by atoms with Gasteiger partial charge in [-0.25, -0.2) is 0 Å². The second-order valence-corrected chi connectivity index (χ2v) is 4.75. The second kappa shape index (κ2) is 5.48. The molecule has 0 aliphatic carbocycles. The smallest absolute Gasteiger partial charge is 0.0345 e. The zero-order chi connectivity index (χ0) is 11.4. The highest BCUT2D eigenvalue weighted by Gasteiger charge is 2.19. The van der Waals surface area contributed by atoms with Gasteiger partial charge in [-0.1, -0.05) is 0 Å². The van der Waals surface area contributed by atoms with Crippen LogP contribution in [0.25, 0.3) is 0 Å². The molecule has 1 unspecified atom stereocenters. The third-order valence-corrected chi connectivity index (χ3v) is 3.28. The molecule has 0 saturated carbocycles. The fraction of sp³-hybridized carbons (Fsp3) is 0.667. The molecule has 2 N–H and O–H groups in total. The Bertz CT molecular complexity index is 296. The van der Waals surface area contributed by atoms with Gasteiger partial charge in [0.1, 0.15) is 0 Å². The zero-order valence-electron chi connectivity index (χ0n) is 10.2. The highest BCUT2D eigenvalue weighted by atomic mass is 15.2. The van der Waals surface area contributed by atoms with Crippen LogP contribution in [0, 0.1) is 0 Å². The van der Waals surface area contributed by atoms with Crippen molar-refractivity contribution in [2.75, 3.05) is 40.3 Å². The first-order valence-corrected chi connectivity index (χ1v) is 5.97. The number of piperazine rings is 1. The molecule has 1 aromatic heterocycles. The largest absolute Gasteiger partial charge is 0.367 e. The van der Waals surface area contributed by atoms with Gasteiger partial charge in [-0.15, -0.1) is 0 Å². The molecule has 1 saturated heterocycles. The first-order valence-electron chi connectivity index (χ1n) is 5.97. The summed E-state index contributed by atoms with van der Waals surface area (Å²) in [5.41, 5.74) is 1.36. The molecule has 4 nitrogen and oxygen atoms in total. The van der Waals surface area contributed by atoms with Gasteiger partial charge in [-0.3, -0.25) is 4.90 Å². The number of likely N-dealkylation sites (N-methyl/N-ethyl adjacent to an activating group) is 2. The van der Waals surface area contributed by atoms with E-state index in [-0.39, 0.29) is 0 Å². The highest BCUT2D eigenvalue weighted by molar-refractivity contribution is 5.07. The molecule has 2 heterocycles. The van der Waals surface area contributed by atoms with Crippen molar-refractivity contribution in [1.29, 1.82) is 0 Å². The van der Waals surface area contributed by atoms with Crippen LogP contribution in [0.3, 0.4) is 0 Å². The summed E-state index contributed by atoms with van der Waals surface area (Å²) in [5.74, 6) is 0. The Morgan fingerprint density at radius 3 is 3.12 bits per heavy atom. The van der Waals surface area contributed by atoms with Crippen molar-refractivity contribution < 1.29 is 0 Å². The molecule has 0 amide bonds. The summed E-state index contributed by atoms with van der Waals surface area (Å²) in [6.45, 7) is 5.52. The summed E-state index contributed by atoms with van der Waals surface area (Å²) >= 11 is 0. The van der Waals surface area contributed by atoms with E-state index in [1.165, 1.54) is 5.56 Å². The Kier molecular flexibility index (Phi) is 3.98. The van der Waals surface area contributed by atoms with E-state index in [0.29, 0.717) is 6.04 Å². The van der Waals surface area contributed by atoms with E-state index >= 15 is 0 Å². The topological polar surface area (TPSA) is 34.3 Å². The van der Waals surface area contributed by atoms with Crippen molar-refractivity contribution in [1.82, 2.24) is 20.1 Å². The average Bonchev–Trinajstić information content (AvgIpc) is 2.74. The molecule has 2 rings (SSSR count). The first-order chi connectivity index (χ1) is 7.75. The lowest BCUT2D eigenvalue weighted by Gasteiger charge is -2.35. The number of aromatic amines is 1. The molecule has 90 valence electrons. The van der Waals surface area contributed by atoms with Gasteiger partial charge in [-0.2, -0.15) is 0 Å². The van der Waals surface area contributed by atoms with Crippen molar-refractivity contribution >= 4 is 0 Å². The zero-order valence-corrected chi connectivity index (χ0v) is 10.2. The number of nitrogens with one attached hydrogen (secondary N) is 2. The van der Waals surface area contributed by atoms with E-state index in [2.05, 4.69) is 46.5 Å². The summed E-state index contributed by atoms with van der Waals surface area (Å²) < 4.78 is 0. The Morgan fingerprint density at radius 1 is 1.56 bits per heavy atom. The van der Waals surface area contributed by atoms with Crippen molar-refractivity contribution in [3.63, 3.8) is 0 Å². The third kappa shape index (κ3) is 3.07. The maximum atomic E-state index is 3.45. The first kappa shape index (κ1) is 11.6. The van der Waals surface area contributed by atoms with Crippen LogP contribution in [-0.4, -0.2) is 61.1 Å². The fourth-order valence-corrected chi connectivity index (χ4v) is 2.26. The van der Waals surface area contributed by atoms with E-state index in [9.17, 15) is 0 Å². The van der Waals surface area contributed by atoms with E-state index in [4.69, 9.17) is 0 Å². The average molecular weight is 222 g/mol. The molecule has 0 bridgehead atoms. The van der Waals surface area contributed by atoms with Gasteiger partial charge >= 0.3 is 0 Å². The van der Waals surface area contributed by atoms with Gasteiger partial charge in [-0.05, 0) is 25.7 Å². The van der Waals surface area contributed by atoms with Crippen molar-refractivity contribution in [3.8, 4) is 0 Å². The summed E-state index contributed by atoms with van der Waals surface area (Å²) in [7, 11) is 4.41. The van der Waals surface area contributed by atoms with Gasteiger partial charge in [0.2, 0.25) is 0 Å². The summed E-state index contributed by atoms with van der Waals surface area (Å²) in [4.78, 5) is 7.93. The van der Waals surface area contributed by atoms with Crippen LogP contribution in [-0.2, 0) is 6.54 Å². The minimum Gasteiger partial charge on any atom is -0.367 e. The van der Waals surface area contributed by atoms with Crippen LogP contribution in [0.1, 0.15) is 5.56 Å². The minimum absolute atomic E-state index is 0.637. The maximum absolute atomic E-state index is 3.45.